The summed E-state index contributed by atoms with van der Waals surface area (Å²) in [6, 6.07) is 10.2. The summed E-state index contributed by atoms with van der Waals surface area (Å²) in [5, 5.41) is 12.5. The number of aliphatic carboxylic acids is 1. The van der Waals surface area contributed by atoms with E-state index in [1.165, 1.54) is 23.1 Å². The zero-order valence-corrected chi connectivity index (χ0v) is 21.1. The van der Waals surface area contributed by atoms with E-state index in [4.69, 9.17) is 0 Å². The molecule has 4 rings (SSSR count). The van der Waals surface area contributed by atoms with E-state index in [1.807, 2.05) is 42.2 Å². The van der Waals surface area contributed by atoms with E-state index < -0.39 is 10.7 Å². The second kappa shape index (κ2) is 10.5. The number of aryl methyl sites for hydroxylation is 1. The van der Waals surface area contributed by atoms with Crippen LogP contribution in [0.1, 0.15) is 37.6 Å². The minimum Gasteiger partial charge on any atom is -0.480 e. The van der Waals surface area contributed by atoms with E-state index in [2.05, 4.69) is 43.9 Å². The molecular weight excluding hydrogens is 466 g/mol. The summed E-state index contributed by atoms with van der Waals surface area (Å²) in [6.45, 7) is 6.77. The second-order valence-electron chi connectivity index (χ2n) is 8.47. The van der Waals surface area contributed by atoms with Crippen molar-refractivity contribution in [2.75, 3.05) is 11.4 Å². The van der Waals surface area contributed by atoms with E-state index in [0.717, 1.165) is 38.5 Å². The topological polar surface area (TPSA) is 92.1 Å². The van der Waals surface area contributed by atoms with E-state index in [-0.39, 0.29) is 0 Å². The molecule has 7 nitrogen and oxygen atoms in total. The molecule has 34 heavy (non-hydrogen) atoms. The fourth-order valence-corrected chi connectivity index (χ4v) is 5.55. The van der Waals surface area contributed by atoms with Gasteiger partial charge in [-0.25, -0.2) is 15.0 Å². The predicted octanol–water partition coefficient (Wildman–Crippen LogP) is 5.25. The Morgan fingerprint density at radius 1 is 1.12 bits per heavy atom. The number of carbonyl (C=O) groups is 1. The van der Waals surface area contributed by atoms with Crippen LogP contribution in [0.3, 0.4) is 0 Å². The van der Waals surface area contributed by atoms with Crippen molar-refractivity contribution in [2.24, 2.45) is 0 Å². The number of rotatable bonds is 10. The van der Waals surface area contributed by atoms with Gasteiger partial charge in [0.25, 0.3) is 0 Å². The summed E-state index contributed by atoms with van der Waals surface area (Å²) >= 11 is 2.75. The van der Waals surface area contributed by atoms with Crippen molar-refractivity contribution in [3.63, 3.8) is 0 Å². The van der Waals surface area contributed by atoms with Crippen molar-refractivity contribution in [1.82, 2.24) is 19.9 Å². The zero-order chi connectivity index (χ0) is 24.1. The van der Waals surface area contributed by atoms with Crippen LogP contribution in [0.5, 0.6) is 0 Å². The first-order valence-corrected chi connectivity index (χ1v) is 12.8. The van der Waals surface area contributed by atoms with Crippen LogP contribution in [0.25, 0.3) is 10.9 Å². The van der Waals surface area contributed by atoms with Crippen LogP contribution >= 0.6 is 23.1 Å². The molecule has 0 radical (unpaired) electrons. The first-order valence-electron chi connectivity index (χ1n) is 11.1. The highest BCUT2D eigenvalue weighted by Gasteiger charge is 2.29. The molecule has 0 saturated carbocycles. The van der Waals surface area contributed by atoms with Gasteiger partial charge in [-0.3, -0.25) is 9.78 Å². The van der Waals surface area contributed by atoms with Crippen LogP contribution in [0, 0.1) is 0 Å². The maximum atomic E-state index is 11.4. The lowest BCUT2D eigenvalue weighted by atomic mass is 10.1. The lowest BCUT2D eigenvalue weighted by Crippen LogP contribution is -2.27. The molecule has 4 aromatic rings. The maximum absolute atomic E-state index is 11.4. The number of pyridine rings is 1. The Kier molecular flexibility index (Phi) is 7.43. The van der Waals surface area contributed by atoms with E-state index in [1.54, 1.807) is 13.8 Å². The van der Waals surface area contributed by atoms with Gasteiger partial charge in [0.2, 0.25) is 5.95 Å². The van der Waals surface area contributed by atoms with Gasteiger partial charge in [-0.2, -0.15) is 0 Å². The van der Waals surface area contributed by atoms with Crippen molar-refractivity contribution < 1.29 is 9.90 Å². The number of para-hydroxylation sites is 1. The third-order valence-electron chi connectivity index (χ3n) is 5.43. The molecule has 0 saturated heterocycles. The number of hydrogen-bond acceptors (Lipinski definition) is 8. The molecule has 0 atom stereocenters. The summed E-state index contributed by atoms with van der Waals surface area (Å²) in [5.74, 6) is -0.181. The van der Waals surface area contributed by atoms with E-state index in [9.17, 15) is 9.90 Å². The van der Waals surface area contributed by atoms with Crippen molar-refractivity contribution >= 4 is 45.9 Å². The summed E-state index contributed by atoms with van der Waals surface area (Å²) < 4.78 is -0.157. The third-order valence-corrected chi connectivity index (χ3v) is 7.60. The quantitative estimate of drug-likeness (QED) is 0.300. The first-order chi connectivity index (χ1) is 16.3. The molecule has 1 N–H and O–H groups in total. The molecule has 0 unspecified atom stereocenters. The average molecular weight is 494 g/mol. The number of benzene rings is 1. The Balaban J connectivity index is 1.51. The number of thioether (sulfide) groups is 1. The van der Waals surface area contributed by atoms with Gasteiger partial charge in [-0.05, 0) is 43.5 Å². The molecule has 0 spiro atoms. The number of nitrogens with zero attached hydrogens (tertiary/aromatic N) is 5. The number of fused-ring (bicyclic) bond motifs is 1. The molecule has 9 heteroatoms. The average Bonchev–Trinajstić information content (AvgIpc) is 3.28. The standard InChI is InChI=1S/C25H27N5O2S2/c1-4-17-12-27-23(28-13-17)30(15-18-11-19-7-5-6-8-21(19)26-14-18)10-9-20-16-33-24(29-20)34-25(2,3)22(31)32/h5-8,11-14,16H,4,9-10,15H2,1-3H3,(H,31,32). The molecule has 0 aliphatic carbocycles. The highest BCUT2D eigenvalue weighted by molar-refractivity contribution is 8.03. The third kappa shape index (κ3) is 5.90. The van der Waals surface area contributed by atoms with Crippen molar-refractivity contribution in [2.45, 2.75) is 49.2 Å². The van der Waals surface area contributed by atoms with Crippen molar-refractivity contribution in [1.29, 1.82) is 0 Å². The summed E-state index contributed by atoms with van der Waals surface area (Å²) in [5.41, 5.74) is 4.08. The minimum absolute atomic E-state index is 0.626. The van der Waals surface area contributed by atoms with Crippen molar-refractivity contribution in [3.8, 4) is 0 Å². The number of thiazole rings is 1. The monoisotopic (exact) mass is 493 g/mol. The SMILES string of the molecule is CCc1cnc(N(CCc2csc(SC(C)(C)C(=O)O)n2)Cc2cnc3ccccc3c2)nc1. The van der Waals surface area contributed by atoms with Gasteiger partial charge < -0.3 is 10.0 Å². The van der Waals surface area contributed by atoms with Crippen LogP contribution in [0.2, 0.25) is 0 Å². The smallest absolute Gasteiger partial charge is 0.319 e. The summed E-state index contributed by atoms with van der Waals surface area (Å²) in [4.78, 5) is 32.0. The number of aromatic nitrogens is 4. The largest absolute Gasteiger partial charge is 0.480 e. The van der Waals surface area contributed by atoms with Crippen LogP contribution in [0.4, 0.5) is 5.95 Å². The number of anilines is 1. The Morgan fingerprint density at radius 3 is 2.59 bits per heavy atom. The zero-order valence-electron chi connectivity index (χ0n) is 19.4. The highest BCUT2D eigenvalue weighted by Crippen LogP contribution is 2.34. The lowest BCUT2D eigenvalue weighted by Gasteiger charge is -2.22. The first kappa shape index (κ1) is 24.1. The van der Waals surface area contributed by atoms with Crippen molar-refractivity contribution in [3.05, 3.63) is 71.1 Å². The highest BCUT2D eigenvalue weighted by atomic mass is 32.2. The lowest BCUT2D eigenvalue weighted by molar-refractivity contribution is -0.138. The van der Waals surface area contributed by atoms with Gasteiger partial charge in [0.15, 0.2) is 4.34 Å². The Hall–Kier alpha value is -3.04. The molecule has 1 aromatic carbocycles. The van der Waals surface area contributed by atoms with Crippen LogP contribution in [0.15, 0.2) is 58.6 Å². The molecule has 0 amide bonds. The van der Waals surface area contributed by atoms with Crippen LogP contribution < -0.4 is 4.90 Å². The molecule has 3 aromatic heterocycles. The van der Waals surface area contributed by atoms with Crippen LogP contribution in [-0.4, -0.2) is 42.3 Å². The Labute approximate surface area is 207 Å². The van der Waals surface area contributed by atoms with E-state index >= 15 is 0 Å². The van der Waals surface area contributed by atoms with Crippen LogP contribution in [-0.2, 0) is 24.2 Å². The second-order valence-corrected chi connectivity index (χ2v) is 11.2. The fourth-order valence-electron chi connectivity index (χ4n) is 3.33. The summed E-state index contributed by atoms with van der Waals surface area (Å²) in [6.07, 6.45) is 7.24. The normalized spacial score (nSPS) is 11.6. The molecular formula is C25H27N5O2S2. The van der Waals surface area contributed by atoms with Gasteiger partial charge in [-0.1, -0.05) is 36.9 Å². The maximum Gasteiger partial charge on any atom is 0.319 e. The fraction of sp³-hybridized carbons (Fsp3) is 0.320. The molecule has 0 fully saturated rings. The predicted molar refractivity (Wildman–Crippen MR) is 138 cm³/mol. The number of hydrogen-bond donors (Lipinski definition) is 1. The number of carboxylic acids is 1. The summed E-state index contributed by atoms with van der Waals surface area (Å²) in [7, 11) is 0. The molecule has 0 aliphatic heterocycles. The van der Waals surface area contributed by atoms with Gasteiger partial charge >= 0.3 is 5.97 Å². The molecule has 176 valence electrons. The van der Waals surface area contributed by atoms with Gasteiger partial charge in [-0.15, -0.1) is 11.3 Å². The Bertz CT molecular complexity index is 1270. The van der Waals surface area contributed by atoms with Gasteiger partial charge in [0.1, 0.15) is 4.75 Å². The van der Waals surface area contributed by atoms with Gasteiger partial charge in [0, 0.05) is 48.9 Å². The number of carboxylic acid groups (broad SMARTS) is 1. The van der Waals surface area contributed by atoms with Gasteiger partial charge in [0.05, 0.1) is 11.2 Å². The Morgan fingerprint density at radius 2 is 1.85 bits per heavy atom. The molecule has 0 aliphatic rings. The molecule has 3 heterocycles. The van der Waals surface area contributed by atoms with E-state index in [0.29, 0.717) is 25.5 Å². The molecule has 0 bridgehead atoms. The minimum atomic E-state index is -0.918.